The van der Waals surface area contributed by atoms with Crippen LogP contribution in [-0.4, -0.2) is 55.1 Å². The van der Waals surface area contributed by atoms with E-state index in [1.54, 1.807) is 4.90 Å². The van der Waals surface area contributed by atoms with Gasteiger partial charge in [-0.05, 0) is 24.9 Å². The van der Waals surface area contributed by atoms with Crippen molar-refractivity contribution in [2.45, 2.75) is 37.1 Å². The molecule has 1 unspecified atom stereocenters. The lowest BCUT2D eigenvalue weighted by Crippen LogP contribution is -2.48. The van der Waals surface area contributed by atoms with E-state index >= 15 is 0 Å². The minimum absolute atomic E-state index is 0.0218. The van der Waals surface area contributed by atoms with Gasteiger partial charge in [0.1, 0.15) is 5.25 Å². The summed E-state index contributed by atoms with van der Waals surface area (Å²) in [4.78, 5) is 16.2. The number of rotatable bonds is 4. The molecule has 126 valence electrons. The number of primary sulfonamides is 1. The maximum absolute atomic E-state index is 12.2. The van der Waals surface area contributed by atoms with E-state index in [1.165, 1.54) is 5.56 Å². The van der Waals surface area contributed by atoms with Crippen molar-refractivity contribution in [2.75, 3.05) is 19.6 Å². The van der Waals surface area contributed by atoms with Gasteiger partial charge < -0.3 is 4.90 Å². The molecule has 0 bridgehead atoms. The quantitative estimate of drug-likeness (QED) is 0.869. The number of hydrogen-bond acceptors (Lipinski definition) is 4. The first-order chi connectivity index (χ1) is 10.9. The molecule has 2 aliphatic rings. The van der Waals surface area contributed by atoms with Gasteiger partial charge in [0, 0.05) is 32.1 Å². The van der Waals surface area contributed by atoms with Crippen LogP contribution in [0.1, 0.15) is 24.8 Å². The molecule has 0 aliphatic carbocycles. The van der Waals surface area contributed by atoms with E-state index < -0.39 is 15.3 Å². The maximum atomic E-state index is 12.2. The Morgan fingerprint density at radius 3 is 2.57 bits per heavy atom. The summed E-state index contributed by atoms with van der Waals surface area (Å²) in [5, 5.41) is 4.46. The molecular weight excluding hydrogens is 314 g/mol. The number of amides is 1. The van der Waals surface area contributed by atoms with E-state index in [9.17, 15) is 13.2 Å². The number of piperidine rings is 1. The van der Waals surface area contributed by atoms with Crippen LogP contribution >= 0.6 is 0 Å². The third-order valence-electron chi connectivity index (χ3n) is 4.76. The second kappa shape index (κ2) is 6.59. The van der Waals surface area contributed by atoms with Gasteiger partial charge in [0.15, 0.2) is 0 Å². The molecule has 23 heavy (non-hydrogen) atoms. The molecule has 2 heterocycles. The van der Waals surface area contributed by atoms with E-state index in [4.69, 9.17) is 5.14 Å². The smallest absolute Gasteiger partial charge is 0.224 e. The zero-order chi connectivity index (χ0) is 16.4. The summed E-state index contributed by atoms with van der Waals surface area (Å²) < 4.78 is 23.0. The molecule has 0 saturated carbocycles. The van der Waals surface area contributed by atoms with Gasteiger partial charge >= 0.3 is 0 Å². The lowest BCUT2D eigenvalue weighted by molar-refractivity contribution is -0.130. The highest BCUT2D eigenvalue weighted by Gasteiger charge is 2.40. The van der Waals surface area contributed by atoms with Crippen molar-refractivity contribution >= 4 is 15.9 Å². The SMILES string of the molecule is NS(=O)(=O)C1CC(=O)N([C@@H]2CCCN(Cc3ccccc3)C2)C1. The van der Waals surface area contributed by atoms with Crippen LogP contribution < -0.4 is 5.14 Å². The lowest BCUT2D eigenvalue weighted by atomic mass is 10.0. The number of benzene rings is 1. The third kappa shape index (κ3) is 3.91. The van der Waals surface area contributed by atoms with Gasteiger partial charge in [0.2, 0.25) is 15.9 Å². The molecule has 2 fully saturated rings. The molecule has 6 nitrogen and oxygen atoms in total. The number of nitrogens with two attached hydrogens (primary N) is 1. The molecule has 2 atom stereocenters. The van der Waals surface area contributed by atoms with E-state index in [0.717, 1.165) is 32.5 Å². The zero-order valence-corrected chi connectivity index (χ0v) is 13.9. The average molecular weight is 337 g/mol. The van der Waals surface area contributed by atoms with E-state index in [1.807, 2.05) is 18.2 Å². The molecule has 1 aromatic carbocycles. The van der Waals surface area contributed by atoms with Gasteiger partial charge in [0.25, 0.3) is 0 Å². The van der Waals surface area contributed by atoms with Crippen molar-refractivity contribution in [3.8, 4) is 0 Å². The van der Waals surface area contributed by atoms with Gasteiger partial charge in [0.05, 0.1) is 0 Å². The predicted octanol–water partition coefficient (Wildman–Crippen LogP) is 0.540. The number of carbonyl (C=O) groups excluding carboxylic acids is 1. The van der Waals surface area contributed by atoms with Crippen molar-refractivity contribution < 1.29 is 13.2 Å². The Balaban J connectivity index is 1.63. The number of sulfonamides is 1. The fourth-order valence-electron chi connectivity index (χ4n) is 3.54. The lowest BCUT2D eigenvalue weighted by Gasteiger charge is -2.37. The molecule has 0 radical (unpaired) electrons. The molecule has 2 aliphatic heterocycles. The highest BCUT2D eigenvalue weighted by Crippen LogP contribution is 2.25. The predicted molar refractivity (Wildman–Crippen MR) is 88.0 cm³/mol. The number of nitrogens with zero attached hydrogens (tertiary/aromatic N) is 2. The Kier molecular flexibility index (Phi) is 4.70. The fraction of sp³-hybridized carbons (Fsp3) is 0.562. The molecule has 2 saturated heterocycles. The standard InChI is InChI=1S/C16H23N3O3S/c17-23(21,22)15-9-16(20)19(12-15)14-7-4-8-18(11-14)10-13-5-2-1-3-6-13/h1-3,5-6,14-15H,4,7-12H2,(H2,17,21,22)/t14-,15?/m1/s1. The van der Waals surface area contributed by atoms with Crippen molar-refractivity contribution in [2.24, 2.45) is 5.14 Å². The summed E-state index contributed by atoms with van der Waals surface area (Å²) >= 11 is 0. The van der Waals surface area contributed by atoms with Crippen molar-refractivity contribution in [1.82, 2.24) is 9.80 Å². The third-order valence-corrected chi connectivity index (χ3v) is 6.00. The van der Waals surface area contributed by atoms with Gasteiger partial charge in [-0.3, -0.25) is 9.69 Å². The summed E-state index contributed by atoms with van der Waals surface area (Å²) in [6.07, 6.45) is 1.96. The summed E-state index contributed by atoms with van der Waals surface area (Å²) in [5.41, 5.74) is 1.25. The summed E-state index contributed by atoms with van der Waals surface area (Å²) in [7, 11) is -3.65. The second-order valence-corrected chi connectivity index (χ2v) is 8.32. The van der Waals surface area contributed by atoms with Crippen molar-refractivity contribution in [3.05, 3.63) is 35.9 Å². The molecule has 1 amide bonds. The largest absolute Gasteiger partial charge is 0.337 e. The average Bonchev–Trinajstić information content (AvgIpc) is 2.91. The molecule has 1 aromatic rings. The Morgan fingerprint density at radius 2 is 1.91 bits per heavy atom. The molecule has 2 N–H and O–H groups in total. The van der Waals surface area contributed by atoms with Crippen LogP contribution in [0.4, 0.5) is 0 Å². The summed E-state index contributed by atoms with van der Waals surface area (Å²) in [5.74, 6) is -0.0874. The van der Waals surface area contributed by atoms with Crippen molar-refractivity contribution in [3.63, 3.8) is 0 Å². The minimum atomic E-state index is -3.65. The van der Waals surface area contributed by atoms with Crippen LogP contribution in [-0.2, 0) is 21.4 Å². The van der Waals surface area contributed by atoms with Crippen LogP contribution in [0.5, 0.6) is 0 Å². The van der Waals surface area contributed by atoms with Crippen LogP contribution in [0.2, 0.25) is 0 Å². The Hall–Kier alpha value is -1.44. The highest BCUT2D eigenvalue weighted by molar-refractivity contribution is 7.89. The second-order valence-electron chi connectivity index (χ2n) is 6.48. The van der Waals surface area contributed by atoms with Crippen LogP contribution in [0.15, 0.2) is 30.3 Å². The molecule has 0 aromatic heterocycles. The first kappa shape index (κ1) is 16.4. The van der Waals surface area contributed by atoms with Crippen LogP contribution in [0, 0.1) is 0 Å². The van der Waals surface area contributed by atoms with E-state index in [2.05, 4.69) is 17.0 Å². The summed E-state index contributed by atoms with van der Waals surface area (Å²) in [6.45, 7) is 2.89. The monoisotopic (exact) mass is 337 g/mol. The number of likely N-dealkylation sites (tertiary alicyclic amines) is 2. The van der Waals surface area contributed by atoms with Gasteiger partial charge in [-0.1, -0.05) is 30.3 Å². The Bertz CT molecular complexity index is 662. The zero-order valence-electron chi connectivity index (χ0n) is 13.1. The molecule has 0 spiro atoms. The van der Waals surface area contributed by atoms with Gasteiger partial charge in [-0.25, -0.2) is 13.6 Å². The summed E-state index contributed by atoms with van der Waals surface area (Å²) in [6, 6.07) is 10.3. The van der Waals surface area contributed by atoms with Gasteiger partial charge in [-0.2, -0.15) is 0 Å². The Morgan fingerprint density at radius 1 is 1.17 bits per heavy atom. The highest BCUT2D eigenvalue weighted by atomic mass is 32.2. The first-order valence-corrected chi connectivity index (χ1v) is 9.62. The topological polar surface area (TPSA) is 83.7 Å². The first-order valence-electron chi connectivity index (χ1n) is 8.01. The van der Waals surface area contributed by atoms with Crippen LogP contribution in [0.25, 0.3) is 0 Å². The van der Waals surface area contributed by atoms with Crippen LogP contribution in [0.3, 0.4) is 0 Å². The maximum Gasteiger partial charge on any atom is 0.224 e. The molecular formula is C16H23N3O3S. The van der Waals surface area contributed by atoms with Gasteiger partial charge in [-0.15, -0.1) is 0 Å². The Labute approximate surface area is 137 Å². The van der Waals surface area contributed by atoms with E-state index in [-0.39, 0.29) is 24.9 Å². The minimum Gasteiger partial charge on any atom is -0.337 e. The number of carbonyl (C=O) groups is 1. The van der Waals surface area contributed by atoms with E-state index in [0.29, 0.717) is 0 Å². The van der Waals surface area contributed by atoms with Crippen molar-refractivity contribution in [1.29, 1.82) is 0 Å². The molecule has 7 heteroatoms. The number of hydrogen-bond donors (Lipinski definition) is 1. The normalized spacial score (nSPS) is 26.7. The molecule has 3 rings (SSSR count). The fourth-order valence-corrected chi connectivity index (χ4v) is 4.28.